The molecule has 9 nitrogen and oxygen atoms in total. The number of hydrogen-bond donors (Lipinski definition) is 1. The van der Waals surface area contributed by atoms with E-state index in [1.807, 2.05) is 0 Å². The van der Waals surface area contributed by atoms with Crippen LogP contribution < -0.4 is 20.8 Å². The van der Waals surface area contributed by atoms with E-state index >= 15 is 0 Å². The van der Waals surface area contributed by atoms with Gasteiger partial charge in [-0.25, -0.2) is 18.9 Å². The van der Waals surface area contributed by atoms with E-state index in [9.17, 15) is 9.59 Å². The summed E-state index contributed by atoms with van der Waals surface area (Å²) in [7, 11) is 0. The Morgan fingerprint density at radius 1 is 1.03 bits per heavy atom. The van der Waals surface area contributed by atoms with Crippen molar-refractivity contribution in [3.05, 3.63) is 82.0 Å². The van der Waals surface area contributed by atoms with Crippen LogP contribution in [0.4, 0.5) is 17.2 Å². The maximum atomic E-state index is 12.9. The van der Waals surface area contributed by atoms with Gasteiger partial charge in [0.2, 0.25) is 11.6 Å². The van der Waals surface area contributed by atoms with E-state index in [1.54, 1.807) is 36.7 Å². The third-order valence-electron chi connectivity index (χ3n) is 5.90. The summed E-state index contributed by atoms with van der Waals surface area (Å²) in [6.07, 6.45) is 3.16. The summed E-state index contributed by atoms with van der Waals surface area (Å²) in [6, 6.07) is 15.4. The fourth-order valence-electron chi connectivity index (χ4n) is 4.08. The van der Waals surface area contributed by atoms with Crippen molar-refractivity contribution in [2.24, 2.45) is 0 Å². The molecule has 5 rings (SSSR count). The molecule has 0 atom stereocenters. The lowest BCUT2D eigenvalue weighted by molar-refractivity contribution is -0.117. The van der Waals surface area contributed by atoms with Gasteiger partial charge in [0.05, 0.1) is 10.7 Å². The first-order chi connectivity index (χ1) is 16.5. The first kappa shape index (κ1) is 22.0. The number of halogens is 1. The predicted octanol–water partition coefficient (Wildman–Crippen LogP) is 2.82. The van der Waals surface area contributed by atoms with Crippen LogP contribution in [0.1, 0.15) is 5.56 Å². The molecule has 0 bridgehead atoms. The number of para-hydroxylation sites is 1. The van der Waals surface area contributed by atoms with Gasteiger partial charge in [-0.15, -0.1) is 5.10 Å². The third-order valence-corrected chi connectivity index (χ3v) is 6.23. The minimum absolute atomic E-state index is 0.230. The van der Waals surface area contributed by atoms with Crippen LogP contribution in [0.25, 0.3) is 5.65 Å². The third kappa shape index (κ3) is 4.34. The number of hydrogen-bond acceptors (Lipinski definition) is 6. The highest BCUT2D eigenvalue weighted by Crippen LogP contribution is 2.22. The van der Waals surface area contributed by atoms with E-state index in [0.29, 0.717) is 22.2 Å². The van der Waals surface area contributed by atoms with Gasteiger partial charge in [0.25, 0.3) is 0 Å². The second-order valence-corrected chi connectivity index (χ2v) is 8.63. The van der Waals surface area contributed by atoms with Crippen molar-refractivity contribution >= 4 is 40.3 Å². The molecule has 0 aliphatic carbocycles. The van der Waals surface area contributed by atoms with Crippen molar-refractivity contribution in [2.45, 2.75) is 13.5 Å². The zero-order valence-corrected chi connectivity index (χ0v) is 19.4. The SMILES string of the molecule is Cc1ccc(N2CCN(c3nccn4c(=O)n(CC(=O)Nc5ccccc5Cl)nc34)CC2)cc1. The number of piperazine rings is 1. The molecular formula is C24H24ClN7O2. The van der Waals surface area contributed by atoms with Crippen molar-refractivity contribution in [1.29, 1.82) is 0 Å². The largest absolute Gasteiger partial charge is 0.368 e. The van der Waals surface area contributed by atoms with Gasteiger partial charge in [0.1, 0.15) is 6.54 Å². The van der Waals surface area contributed by atoms with E-state index < -0.39 is 5.69 Å². The first-order valence-electron chi connectivity index (χ1n) is 11.0. The molecule has 174 valence electrons. The molecule has 0 unspecified atom stereocenters. The summed E-state index contributed by atoms with van der Waals surface area (Å²) in [6.45, 7) is 5.00. The zero-order valence-electron chi connectivity index (χ0n) is 18.7. The molecule has 1 N–H and O–H groups in total. The van der Waals surface area contributed by atoms with E-state index in [-0.39, 0.29) is 12.5 Å². The van der Waals surface area contributed by atoms with E-state index in [4.69, 9.17) is 11.6 Å². The van der Waals surface area contributed by atoms with Crippen molar-refractivity contribution in [3.8, 4) is 0 Å². The van der Waals surface area contributed by atoms with Crippen molar-refractivity contribution in [1.82, 2.24) is 19.2 Å². The number of carbonyl (C=O) groups is 1. The monoisotopic (exact) mass is 477 g/mol. The molecule has 3 heterocycles. The highest BCUT2D eigenvalue weighted by atomic mass is 35.5. The zero-order chi connectivity index (χ0) is 23.7. The normalized spacial score (nSPS) is 13.9. The van der Waals surface area contributed by atoms with Crippen LogP contribution >= 0.6 is 11.6 Å². The lowest BCUT2D eigenvalue weighted by Crippen LogP contribution is -2.47. The molecule has 0 spiro atoms. The van der Waals surface area contributed by atoms with Gasteiger partial charge in [-0.05, 0) is 31.2 Å². The second-order valence-electron chi connectivity index (χ2n) is 8.22. The molecule has 2 aromatic heterocycles. The fraction of sp³-hybridized carbons (Fsp3) is 0.250. The van der Waals surface area contributed by atoms with Crippen LogP contribution in [0.15, 0.2) is 65.7 Å². The number of fused-ring (bicyclic) bond motifs is 1. The van der Waals surface area contributed by atoms with Crippen LogP contribution in [-0.2, 0) is 11.3 Å². The molecule has 1 aliphatic rings. The molecule has 4 aromatic rings. The Morgan fingerprint density at radius 3 is 2.47 bits per heavy atom. The van der Waals surface area contributed by atoms with Crippen LogP contribution in [0.2, 0.25) is 5.02 Å². The van der Waals surface area contributed by atoms with Gasteiger partial charge in [0.15, 0.2) is 5.82 Å². The summed E-state index contributed by atoms with van der Waals surface area (Å²) in [4.78, 5) is 34.4. The Hall–Kier alpha value is -3.85. The van der Waals surface area contributed by atoms with Gasteiger partial charge in [-0.3, -0.25) is 4.79 Å². The molecule has 1 fully saturated rings. The van der Waals surface area contributed by atoms with E-state index in [0.717, 1.165) is 30.9 Å². The molecular weight excluding hydrogens is 454 g/mol. The molecule has 2 aromatic carbocycles. The number of benzene rings is 2. The fourth-order valence-corrected chi connectivity index (χ4v) is 4.26. The quantitative estimate of drug-likeness (QED) is 0.475. The van der Waals surface area contributed by atoms with Crippen molar-refractivity contribution in [3.63, 3.8) is 0 Å². The minimum Gasteiger partial charge on any atom is -0.368 e. The molecule has 0 radical (unpaired) electrons. The van der Waals surface area contributed by atoms with Crippen LogP contribution in [-0.4, -0.2) is 51.3 Å². The standard InChI is InChI=1S/C24H24ClN7O2/c1-17-6-8-18(9-7-17)29-12-14-30(15-13-29)22-23-28-32(24(34)31(23)11-10-26-22)16-21(33)27-20-5-3-2-4-19(20)25/h2-11H,12-16H2,1H3,(H,27,33). The Kier molecular flexibility index (Phi) is 5.93. The summed E-state index contributed by atoms with van der Waals surface area (Å²) in [5, 5.41) is 7.58. The Labute approximate surface area is 201 Å². The van der Waals surface area contributed by atoms with Gasteiger partial charge in [-0.2, -0.15) is 0 Å². The average Bonchev–Trinajstić information content (AvgIpc) is 3.16. The van der Waals surface area contributed by atoms with Crippen LogP contribution in [0.5, 0.6) is 0 Å². The maximum Gasteiger partial charge on any atom is 0.350 e. The summed E-state index contributed by atoms with van der Waals surface area (Å²) in [5.41, 5.74) is 2.95. The van der Waals surface area contributed by atoms with Crippen LogP contribution in [0.3, 0.4) is 0 Å². The molecule has 34 heavy (non-hydrogen) atoms. The van der Waals surface area contributed by atoms with Gasteiger partial charge in [-0.1, -0.05) is 41.4 Å². The number of aryl methyl sites for hydroxylation is 1. The number of nitrogens with one attached hydrogen (secondary N) is 1. The maximum absolute atomic E-state index is 12.9. The molecule has 1 saturated heterocycles. The minimum atomic E-state index is -0.397. The van der Waals surface area contributed by atoms with Crippen molar-refractivity contribution < 1.29 is 4.79 Å². The lowest BCUT2D eigenvalue weighted by atomic mass is 10.2. The Balaban J connectivity index is 1.33. The summed E-state index contributed by atoms with van der Waals surface area (Å²) >= 11 is 6.11. The lowest BCUT2D eigenvalue weighted by Gasteiger charge is -2.36. The number of amides is 1. The molecule has 1 amide bonds. The second kappa shape index (κ2) is 9.18. The van der Waals surface area contributed by atoms with Gasteiger partial charge >= 0.3 is 5.69 Å². The molecule has 10 heteroatoms. The topological polar surface area (TPSA) is 87.8 Å². The molecule has 1 aliphatic heterocycles. The van der Waals surface area contributed by atoms with Crippen molar-refractivity contribution in [2.75, 3.05) is 41.3 Å². The van der Waals surface area contributed by atoms with Crippen LogP contribution in [0, 0.1) is 6.92 Å². The van der Waals surface area contributed by atoms with E-state index in [2.05, 4.69) is 56.4 Å². The smallest absolute Gasteiger partial charge is 0.350 e. The first-order valence-corrected chi connectivity index (χ1v) is 11.4. The summed E-state index contributed by atoms with van der Waals surface area (Å²) in [5.74, 6) is 0.244. The number of rotatable bonds is 5. The molecule has 0 saturated carbocycles. The highest BCUT2D eigenvalue weighted by Gasteiger charge is 2.23. The van der Waals surface area contributed by atoms with Gasteiger partial charge in [0, 0.05) is 44.3 Å². The number of nitrogens with zero attached hydrogens (tertiary/aromatic N) is 6. The Morgan fingerprint density at radius 2 is 1.74 bits per heavy atom. The average molecular weight is 478 g/mol. The summed E-state index contributed by atoms with van der Waals surface area (Å²) < 4.78 is 2.58. The number of anilines is 3. The van der Waals surface area contributed by atoms with E-state index in [1.165, 1.54) is 15.7 Å². The van der Waals surface area contributed by atoms with Gasteiger partial charge < -0.3 is 15.1 Å². The Bertz CT molecular complexity index is 1390. The predicted molar refractivity (Wildman–Crippen MR) is 133 cm³/mol. The highest BCUT2D eigenvalue weighted by molar-refractivity contribution is 6.33. The number of carbonyl (C=O) groups excluding carboxylic acids is 1. The number of aromatic nitrogens is 4.